The predicted molar refractivity (Wildman–Crippen MR) is 70.7 cm³/mol. The molecule has 0 radical (unpaired) electrons. The summed E-state index contributed by atoms with van der Waals surface area (Å²) in [4.78, 5) is 2.35. The highest BCUT2D eigenvalue weighted by Gasteiger charge is 2.21. The predicted octanol–water partition coefficient (Wildman–Crippen LogP) is 1.71. The van der Waals surface area contributed by atoms with Crippen molar-refractivity contribution in [3.63, 3.8) is 0 Å². The first-order valence-electron chi connectivity index (χ1n) is 6.48. The fraction of sp³-hybridized carbons (Fsp3) is 1.00. The molecule has 0 aliphatic carbocycles. The first-order valence-corrected chi connectivity index (χ1v) is 6.48. The Kier molecular flexibility index (Phi) is 7.98. The lowest BCUT2D eigenvalue weighted by molar-refractivity contribution is 0.152. The lowest BCUT2D eigenvalue weighted by atomic mass is 9.98. The summed E-state index contributed by atoms with van der Waals surface area (Å²) in [6.07, 6.45) is 2.24. The van der Waals surface area contributed by atoms with Crippen molar-refractivity contribution in [2.45, 2.75) is 46.1 Å². The molecular formula is C13H30N2O. The van der Waals surface area contributed by atoms with Crippen molar-refractivity contribution in [1.82, 2.24) is 10.2 Å². The molecule has 3 nitrogen and oxygen atoms in total. The number of hydrogen-bond donors (Lipinski definition) is 2. The van der Waals surface area contributed by atoms with Crippen molar-refractivity contribution in [1.29, 1.82) is 0 Å². The third-order valence-corrected chi connectivity index (χ3v) is 3.09. The van der Waals surface area contributed by atoms with Crippen LogP contribution in [0.2, 0.25) is 0 Å². The van der Waals surface area contributed by atoms with E-state index in [2.05, 4.69) is 45.0 Å². The molecule has 0 bridgehead atoms. The van der Waals surface area contributed by atoms with Crippen LogP contribution in [-0.4, -0.2) is 48.8 Å². The molecule has 98 valence electrons. The second kappa shape index (κ2) is 8.04. The van der Waals surface area contributed by atoms with Gasteiger partial charge in [0, 0.05) is 5.54 Å². The Morgan fingerprint density at radius 1 is 1.31 bits per heavy atom. The third kappa shape index (κ3) is 7.20. The molecule has 0 saturated carbocycles. The number of rotatable bonds is 9. The van der Waals surface area contributed by atoms with Gasteiger partial charge in [-0.25, -0.2) is 0 Å². The summed E-state index contributed by atoms with van der Waals surface area (Å²) in [5.41, 5.74) is -0.124. The van der Waals surface area contributed by atoms with Crippen molar-refractivity contribution in [3.05, 3.63) is 0 Å². The Balaban J connectivity index is 3.83. The summed E-state index contributed by atoms with van der Waals surface area (Å²) in [5.74, 6) is 0.764. The van der Waals surface area contributed by atoms with Crippen molar-refractivity contribution < 1.29 is 5.11 Å². The number of aliphatic hydroxyl groups is 1. The Morgan fingerprint density at radius 3 is 2.38 bits per heavy atom. The van der Waals surface area contributed by atoms with E-state index in [0.29, 0.717) is 0 Å². The van der Waals surface area contributed by atoms with E-state index < -0.39 is 0 Å². The van der Waals surface area contributed by atoms with E-state index in [1.165, 1.54) is 6.42 Å². The van der Waals surface area contributed by atoms with Crippen LogP contribution in [0.4, 0.5) is 0 Å². The van der Waals surface area contributed by atoms with Crippen LogP contribution in [0, 0.1) is 5.92 Å². The average molecular weight is 230 g/mol. The number of aliphatic hydroxyl groups excluding tert-OH is 1. The number of nitrogens with one attached hydrogen (secondary N) is 1. The fourth-order valence-corrected chi connectivity index (χ4v) is 1.68. The minimum Gasteiger partial charge on any atom is -0.394 e. The zero-order valence-electron chi connectivity index (χ0n) is 11.7. The fourth-order valence-electron chi connectivity index (χ4n) is 1.68. The van der Waals surface area contributed by atoms with Crippen molar-refractivity contribution in [2.75, 3.05) is 33.3 Å². The summed E-state index contributed by atoms with van der Waals surface area (Å²) in [6.45, 7) is 12.0. The monoisotopic (exact) mass is 230 g/mol. The van der Waals surface area contributed by atoms with Crippen LogP contribution in [0.15, 0.2) is 0 Å². The van der Waals surface area contributed by atoms with Gasteiger partial charge in [-0.1, -0.05) is 20.8 Å². The molecular weight excluding hydrogens is 200 g/mol. The van der Waals surface area contributed by atoms with Gasteiger partial charge in [0.05, 0.1) is 6.61 Å². The zero-order chi connectivity index (χ0) is 12.6. The molecule has 0 spiro atoms. The molecule has 0 aromatic heterocycles. The molecule has 0 aromatic rings. The molecule has 0 saturated heterocycles. The normalized spacial score (nSPS) is 15.8. The molecule has 0 aliphatic heterocycles. The topological polar surface area (TPSA) is 35.5 Å². The Hall–Kier alpha value is -0.120. The van der Waals surface area contributed by atoms with Gasteiger partial charge in [0.25, 0.3) is 0 Å². The van der Waals surface area contributed by atoms with Gasteiger partial charge < -0.3 is 15.3 Å². The largest absolute Gasteiger partial charge is 0.394 e. The molecule has 0 aromatic carbocycles. The molecule has 0 amide bonds. The highest BCUT2D eigenvalue weighted by atomic mass is 16.3. The van der Waals surface area contributed by atoms with Crippen LogP contribution in [-0.2, 0) is 0 Å². The van der Waals surface area contributed by atoms with Crippen LogP contribution >= 0.6 is 0 Å². The standard InChI is InChI=1S/C13H30N2O/c1-6-14-13(4,11-16)8-10-15(5)9-7-12(2)3/h12,14,16H,6-11H2,1-5H3. The lowest BCUT2D eigenvalue weighted by Crippen LogP contribution is -2.47. The maximum atomic E-state index is 9.37. The van der Waals surface area contributed by atoms with Gasteiger partial charge in [-0.2, -0.15) is 0 Å². The van der Waals surface area contributed by atoms with Gasteiger partial charge in [-0.3, -0.25) is 0 Å². The molecule has 0 fully saturated rings. The highest BCUT2D eigenvalue weighted by Crippen LogP contribution is 2.10. The molecule has 1 atom stereocenters. The van der Waals surface area contributed by atoms with Gasteiger partial charge in [0.2, 0.25) is 0 Å². The summed E-state index contributed by atoms with van der Waals surface area (Å²) in [6, 6.07) is 0. The quantitative estimate of drug-likeness (QED) is 0.633. The van der Waals surface area contributed by atoms with Crippen LogP contribution in [0.1, 0.15) is 40.5 Å². The molecule has 1 unspecified atom stereocenters. The van der Waals surface area contributed by atoms with Crippen LogP contribution in [0.3, 0.4) is 0 Å². The van der Waals surface area contributed by atoms with Gasteiger partial charge in [0.15, 0.2) is 0 Å². The van der Waals surface area contributed by atoms with E-state index in [9.17, 15) is 5.11 Å². The second-order valence-corrected chi connectivity index (χ2v) is 5.48. The Morgan fingerprint density at radius 2 is 1.94 bits per heavy atom. The van der Waals surface area contributed by atoms with Gasteiger partial charge in [-0.15, -0.1) is 0 Å². The summed E-state index contributed by atoms with van der Waals surface area (Å²) >= 11 is 0. The maximum absolute atomic E-state index is 9.37. The molecule has 3 heteroatoms. The van der Waals surface area contributed by atoms with E-state index in [-0.39, 0.29) is 12.1 Å². The third-order valence-electron chi connectivity index (χ3n) is 3.09. The Labute approximate surface area is 101 Å². The first kappa shape index (κ1) is 15.9. The Bertz CT molecular complexity index is 173. The zero-order valence-corrected chi connectivity index (χ0v) is 11.7. The molecule has 16 heavy (non-hydrogen) atoms. The van der Waals surface area contributed by atoms with Gasteiger partial charge >= 0.3 is 0 Å². The molecule has 0 aliphatic rings. The highest BCUT2D eigenvalue weighted by molar-refractivity contribution is 4.82. The number of likely N-dealkylation sites (N-methyl/N-ethyl adjacent to an activating group) is 1. The van der Waals surface area contributed by atoms with E-state index in [1.807, 2.05) is 0 Å². The smallest absolute Gasteiger partial charge is 0.0611 e. The van der Waals surface area contributed by atoms with E-state index in [4.69, 9.17) is 0 Å². The summed E-state index contributed by atoms with van der Waals surface area (Å²) < 4.78 is 0. The number of nitrogens with zero attached hydrogens (tertiary/aromatic N) is 1. The first-order chi connectivity index (χ1) is 7.43. The van der Waals surface area contributed by atoms with Crippen LogP contribution in [0.5, 0.6) is 0 Å². The molecule has 0 heterocycles. The lowest BCUT2D eigenvalue weighted by Gasteiger charge is -2.30. The maximum Gasteiger partial charge on any atom is 0.0611 e. The van der Waals surface area contributed by atoms with Crippen LogP contribution < -0.4 is 5.32 Å². The van der Waals surface area contributed by atoms with Crippen LogP contribution in [0.25, 0.3) is 0 Å². The molecule has 0 rings (SSSR count). The summed E-state index contributed by atoms with van der Waals surface area (Å²) in [7, 11) is 2.16. The van der Waals surface area contributed by atoms with Crippen molar-refractivity contribution >= 4 is 0 Å². The van der Waals surface area contributed by atoms with Gasteiger partial charge in [0.1, 0.15) is 0 Å². The number of hydrogen-bond acceptors (Lipinski definition) is 3. The minimum absolute atomic E-state index is 0.124. The second-order valence-electron chi connectivity index (χ2n) is 5.48. The van der Waals surface area contributed by atoms with E-state index >= 15 is 0 Å². The molecule has 2 N–H and O–H groups in total. The van der Waals surface area contributed by atoms with Crippen molar-refractivity contribution in [3.8, 4) is 0 Å². The summed E-state index contributed by atoms with van der Waals surface area (Å²) in [5, 5.41) is 12.7. The van der Waals surface area contributed by atoms with E-state index in [1.54, 1.807) is 0 Å². The van der Waals surface area contributed by atoms with Crippen molar-refractivity contribution in [2.24, 2.45) is 5.92 Å². The van der Waals surface area contributed by atoms with E-state index in [0.717, 1.165) is 32.0 Å². The average Bonchev–Trinajstić information content (AvgIpc) is 2.24. The van der Waals surface area contributed by atoms with Gasteiger partial charge in [-0.05, 0) is 52.4 Å². The SMILES string of the molecule is CCNC(C)(CO)CCN(C)CCC(C)C. The minimum atomic E-state index is -0.124.